The first-order valence-corrected chi connectivity index (χ1v) is 31.7. The molecular formula is C69H118O6. The molecule has 6 heteroatoms. The molecule has 0 aliphatic rings. The predicted molar refractivity (Wildman–Crippen MR) is 325 cm³/mol. The fourth-order valence-electron chi connectivity index (χ4n) is 8.85. The van der Waals surface area contributed by atoms with Gasteiger partial charge in [-0.2, -0.15) is 0 Å². The number of hydrogen-bond acceptors (Lipinski definition) is 6. The van der Waals surface area contributed by atoms with E-state index in [4.69, 9.17) is 14.2 Å². The minimum absolute atomic E-state index is 0.106. The van der Waals surface area contributed by atoms with E-state index in [1.54, 1.807) is 0 Å². The van der Waals surface area contributed by atoms with Crippen molar-refractivity contribution in [3.63, 3.8) is 0 Å². The molecule has 75 heavy (non-hydrogen) atoms. The number of hydrogen-bond donors (Lipinski definition) is 0. The quantitative estimate of drug-likeness (QED) is 0.0261. The van der Waals surface area contributed by atoms with Crippen LogP contribution in [0.1, 0.15) is 303 Å². The van der Waals surface area contributed by atoms with Gasteiger partial charge in [0.25, 0.3) is 0 Å². The fourth-order valence-corrected chi connectivity index (χ4v) is 8.85. The van der Waals surface area contributed by atoms with Crippen molar-refractivity contribution in [1.29, 1.82) is 0 Å². The van der Waals surface area contributed by atoms with Gasteiger partial charge in [-0.15, -0.1) is 0 Å². The molecule has 0 aliphatic carbocycles. The Hall–Kier alpha value is -3.67. The molecule has 1 unspecified atom stereocenters. The average Bonchev–Trinajstić information content (AvgIpc) is 3.41. The van der Waals surface area contributed by atoms with Crippen LogP contribution in [0.4, 0.5) is 0 Å². The molecule has 0 spiro atoms. The fraction of sp³-hybridized carbons (Fsp3) is 0.725. The Morgan fingerprint density at radius 1 is 0.280 bits per heavy atom. The zero-order valence-corrected chi connectivity index (χ0v) is 49.3. The topological polar surface area (TPSA) is 78.9 Å². The van der Waals surface area contributed by atoms with E-state index in [-0.39, 0.29) is 37.5 Å². The van der Waals surface area contributed by atoms with Gasteiger partial charge in [-0.25, -0.2) is 0 Å². The normalized spacial score (nSPS) is 12.7. The van der Waals surface area contributed by atoms with Gasteiger partial charge in [0, 0.05) is 19.3 Å². The minimum atomic E-state index is -0.819. The Morgan fingerprint density at radius 3 is 0.867 bits per heavy atom. The van der Waals surface area contributed by atoms with E-state index in [9.17, 15) is 14.4 Å². The van der Waals surface area contributed by atoms with Crippen LogP contribution in [0.2, 0.25) is 0 Å². The van der Waals surface area contributed by atoms with Gasteiger partial charge in [0.05, 0.1) is 0 Å². The molecular weight excluding hydrogens is 925 g/mol. The zero-order chi connectivity index (χ0) is 54.3. The number of allylic oxidation sites excluding steroid dienone is 16. The Morgan fingerprint density at radius 2 is 0.547 bits per heavy atom. The molecule has 0 aliphatic heterocycles. The van der Waals surface area contributed by atoms with Crippen LogP contribution in [0.5, 0.6) is 0 Å². The first-order chi connectivity index (χ1) is 37.0. The van der Waals surface area contributed by atoms with Gasteiger partial charge in [0.15, 0.2) is 6.10 Å². The third-order valence-electron chi connectivity index (χ3n) is 13.6. The number of rotatable bonds is 57. The second-order valence-electron chi connectivity index (χ2n) is 20.9. The molecule has 0 heterocycles. The summed E-state index contributed by atoms with van der Waals surface area (Å²) >= 11 is 0. The smallest absolute Gasteiger partial charge is 0.306 e. The van der Waals surface area contributed by atoms with Crippen molar-refractivity contribution in [3.8, 4) is 0 Å². The summed E-state index contributed by atoms with van der Waals surface area (Å²) in [4.78, 5) is 38.3. The summed E-state index contributed by atoms with van der Waals surface area (Å²) in [6.07, 6.45) is 84.2. The average molecular weight is 1040 g/mol. The Labute approximate surface area is 464 Å². The highest BCUT2D eigenvalue weighted by Crippen LogP contribution is 2.16. The Balaban J connectivity index is 4.44. The molecule has 430 valence electrons. The first kappa shape index (κ1) is 71.3. The SMILES string of the molecule is CC/C=C\C/C=C\C/C=C\C/C=C\C/C=C\C/C=C\CCC(=O)OC(COC(=O)CCCCCCCCCCCCC/C=C\C/C=C\CCCCCCC)COC(=O)CCCCCCCCCCCCCCCCC. The van der Waals surface area contributed by atoms with Gasteiger partial charge in [0.1, 0.15) is 13.2 Å². The molecule has 0 aromatic heterocycles. The number of carbonyl (C=O) groups excluding carboxylic acids is 3. The van der Waals surface area contributed by atoms with Crippen molar-refractivity contribution in [2.75, 3.05) is 13.2 Å². The number of ether oxygens (including phenoxy) is 3. The minimum Gasteiger partial charge on any atom is -0.462 e. The molecule has 6 nitrogen and oxygen atoms in total. The first-order valence-electron chi connectivity index (χ1n) is 31.7. The van der Waals surface area contributed by atoms with Crippen LogP contribution in [0, 0.1) is 0 Å². The van der Waals surface area contributed by atoms with Crippen molar-refractivity contribution in [2.45, 2.75) is 309 Å². The highest BCUT2D eigenvalue weighted by atomic mass is 16.6. The lowest BCUT2D eigenvalue weighted by atomic mass is 10.0. The van der Waals surface area contributed by atoms with E-state index in [1.165, 1.54) is 173 Å². The molecule has 1 atom stereocenters. The Kier molecular flexibility index (Phi) is 59.8. The van der Waals surface area contributed by atoms with Crippen molar-refractivity contribution < 1.29 is 28.6 Å². The number of unbranched alkanes of at least 4 members (excludes halogenated alkanes) is 30. The molecule has 0 radical (unpaired) electrons. The van der Waals surface area contributed by atoms with Crippen molar-refractivity contribution >= 4 is 17.9 Å². The van der Waals surface area contributed by atoms with Crippen molar-refractivity contribution in [3.05, 3.63) is 97.2 Å². The second kappa shape index (κ2) is 62.9. The van der Waals surface area contributed by atoms with E-state index in [2.05, 4.69) is 112 Å². The molecule has 0 N–H and O–H groups in total. The van der Waals surface area contributed by atoms with E-state index in [1.807, 2.05) is 6.08 Å². The molecule has 0 aromatic rings. The molecule has 0 fully saturated rings. The summed E-state index contributed by atoms with van der Waals surface area (Å²) in [6, 6.07) is 0. The van der Waals surface area contributed by atoms with Gasteiger partial charge in [-0.05, 0) is 89.9 Å². The highest BCUT2D eigenvalue weighted by Gasteiger charge is 2.19. The molecule has 0 amide bonds. The van der Waals surface area contributed by atoms with E-state index in [0.29, 0.717) is 19.3 Å². The van der Waals surface area contributed by atoms with E-state index in [0.717, 1.165) is 83.5 Å². The van der Waals surface area contributed by atoms with Crippen LogP contribution in [0.15, 0.2) is 97.2 Å². The molecule has 0 bridgehead atoms. The molecule has 0 saturated carbocycles. The van der Waals surface area contributed by atoms with Gasteiger partial charge < -0.3 is 14.2 Å². The van der Waals surface area contributed by atoms with Gasteiger partial charge >= 0.3 is 17.9 Å². The highest BCUT2D eigenvalue weighted by molar-refractivity contribution is 5.71. The van der Waals surface area contributed by atoms with Crippen LogP contribution in [0.3, 0.4) is 0 Å². The zero-order valence-electron chi connectivity index (χ0n) is 49.3. The second-order valence-corrected chi connectivity index (χ2v) is 20.9. The number of carbonyl (C=O) groups is 3. The largest absolute Gasteiger partial charge is 0.462 e. The van der Waals surface area contributed by atoms with Crippen LogP contribution in [-0.4, -0.2) is 37.2 Å². The maximum absolute atomic E-state index is 12.9. The third kappa shape index (κ3) is 61.1. The standard InChI is InChI=1S/C69H118O6/c1-4-7-10-13-16-19-22-25-28-30-32-33-34-35-37-38-41-44-47-50-53-56-59-62-68(71)74-65-66(64-73-67(70)61-58-55-52-49-46-43-40-27-24-21-18-15-12-9-6-3)75-69(72)63-60-57-54-51-48-45-42-39-36-31-29-26-23-20-17-14-11-8-5-2/h8,11,17,20,22,25-26,29-30,32,36,39,45,48,54,57,66H,4-7,9-10,12-16,18-19,21,23-24,27-28,31,33-35,37-38,40-44,46-47,49-53,55-56,58-65H2,1-3H3/b11-8-,20-17-,25-22-,29-26-,32-30-,39-36-,48-45-,57-54-. The van der Waals surface area contributed by atoms with Crippen LogP contribution in [-0.2, 0) is 28.6 Å². The summed E-state index contributed by atoms with van der Waals surface area (Å²) in [5.74, 6) is -0.982. The van der Waals surface area contributed by atoms with Crippen molar-refractivity contribution in [2.24, 2.45) is 0 Å². The van der Waals surface area contributed by atoms with Gasteiger partial charge in [-0.3, -0.25) is 14.4 Å². The molecule has 0 saturated heterocycles. The predicted octanol–water partition coefficient (Wildman–Crippen LogP) is 21.7. The van der Waals surface area contributed by atoms with Crippen LogP contribution in [0.25, 0.3) is 0 Å². The summed E-state index contributed by atoms with van der Waals surface area (Å²) in [5.41, 5.74) is 0. The van der Waals surface area contributed by atoms with Gasteiger partial charge in [0.2, 0.25) is 0 Å². The maximum Gasteiger partial charge on any atom is 0.306 e. The van der Waals surface area contributed by atoms with Crippen LogP contribution >= 0.6 is 0 Å². The summed E-state index contributed by atoms with van der Waals surface area (Å²) in [5, 5.41) is 0. The third-order valence-corrected chi connectivity index (χ3v) is 13.6. The van der Waals surface area contributed by atoms with Gasteiger partial charge in [-0.1, -0.05) is 291 Å². The van der Waals surface area contributed by atoms with Crippen LogP contribution < -0.4 is 0 Å². The lowest BCUT2D eigenvalue weighted by molar-refractivity contribution is -0.166. The summed E-state index contributed by atoms with van der Waals surface area (Å²) in [7, 11) is 0. The lowest BCUT2D eigenvalue weighted by Crippen LogP contribution is -2.30. The summed E-state index contributed by atoms with van der Waals surface area (Å²) < 4.78 is 16.9. The molecule has 0 rings (SSSR count). The lowest BCUT2D eigenvalue weighted by Gasteiger charge is -2.18. The number of esters is 3. The Bertz CT molecular complexity index is 1480. The van der Waals surface area contributed by atoms with E-state index >= 15 is 0 Å². The summed E-state index contributed by atoms with van der Waals surface area (Å²) in [6.45, 7) is 6.48. The van der Waals surface area contributed by atoms with Crippen molar-refractivity contribution in [1.82, 2.24) is 0 Å². The monoisotopic (exact) mass is 1040 g/mol. The molecule has 0 aromatic carbocycles. The van der Waals surface area contributed by atoms with E-state index < -0.39 is 6.10 Å². The maximum atomic E-state index is 12.9.